The van der Waals surface area contributed by atoms with Crippen LogP contribution in [-0.2, 0) is 39.1 Å². The normalized spacial score (nSPS) is 13.5. The molecule has 0 spiro atoms. The minimum absolute atomic E-state index is 0.0320. The molecule has 0 bridgehead atoms. The van der Waals surface area contributed by atoms with Crippen LogP contribution in [0.1, 0.15) is 120 Å². The zero-order chi connectivity index (χ0) is 37.5. The monoisotopic (exact) mass is 739 g/mol. The first-order valence-electron chi connectivity index (χ1n) is 19.1. The van der Waals surface area contributed by atoms with Gasteiger partial charge in [-0.05, 0) is 29.5 Å². The fraction of sp³-hybridized carbons (Fsp3) is 0.524. The second-order valence-electron chi connectivity index (χ2n) is 12.9. The summed E-state index contributed by atoms with van der Waals surface area (Å²) in [7, 11) is -4.42. The Labute approximate surface area is 312 Å². The van der Waals surface area contributed by atoms with Gasteiger partial charge in [-0.25, -0.2) is 4.57 Å². The van der Waals surface area contributed by atoms with Crippen LogP contribution in [0, 0.1) is 0 Å². The number of carbonyl (C=O) groups is 2. The molecule has 288 valence electrons. The molecule has 0 heterocycles. The molecule has 2 atom stereocenters. The third-order valence-corrected chi connectivity index (χ3v) is 9.30. The number of carbonyl (C=O) groups excluding carboxylic acids is 2. The maximum atomic E-state index is 12.7. The van der Waals surface area contributed by atoms with Gasteiger partial charge in [0.1, 0.15) is 6.61 Å². The first-order chi connectivity index (χ1) is 25.3. The van der Waals surface area contributed by atoms with Crippen LogP contribution in [0.5, 0.6) is 0 Å². The number of esters is 2. The quantitative estimate of drug-likeness (QED) is 0.0347. The third-order valence-electron chi connectivity index (χ3n) is 8.32. The highest BCUT2D eigenvalue weighted by Crippen LogP contribution is 2.43. The van der Waals surface area contributed by atoms with E-state index in [1.165, 1.54) is 64.2 Å². The van der Waals surface area contributed by atoms with Crippen LogP contribution in [0.25, 0.3) is 12.2 Å². The topological polar surface area (TPSA) is 134 Å². The smallest absolute Gasteiger partial charge is 0.462 e. The number of benzene rings is 2. The van der Waals surface area contributed by atoms with Crippen LogP contribution >= 0.6 is 7.82 Å². The number of nitrogens with two attached hydrogens (primary N) is 1. The Kier molecular flexibility index (Phi) is 25.1. The molecule has 10 heteroatoms. The summed E-state index contributed by atoms with van der Waals surface area (Å²) >= 11 is 0. The van der Waals surface area contributed by atoms with Crippen molar-refractivity contribution in [1.82, 2.24) is 0 Å². The summed E-state index contributed by atoms with van der Waals surface area (Å²) in [6.45, 7) is 1.32. The van der Waals surface area contributed by atoms with Crippen molar-refractivity contribution >= 4 is 31.9 Å². The fourth-order valence-corrected chi connectivity index (χ4v) is 6.12. The first kappa shape index (κ1) is 44.8. The van der Waals surface area contributed by atoms with E-state index in [-0.39, 0.29) is 32.6 Å². The van der Waals surface area contributed by atoms with Crippen molar-refractivity contribution in [2.45, 2.75) is 116 Å². The molecule has 0 saturated carbocycles. The number of phosphoric acid groups is 1. The van der Waals surface area contributed by atoms with Crippen LogP contribution in [0.4, 0.5) is 0 Å². The van der Waals surface area contributed by atoms with Crippen LogP contribution in [0.2, 0.25) is 0 Å². The lowest BCUT2D eigenvalue weighted by atomic mass is 10.0. The van der Waals surface area contributed by atoms with Gasteiger partial charge in [0.05, 0.1) is 13.2 Å². The van der Waals surface area contributed by atoms with Gasteiger partial charge in [0.2, 0.25) is 0 Å². The summed E-state index contributed by atoms with van der Waals surface area (Å²) in [5, 5.41) is 0. The van der Waals surface area contributed by atoms with Gasteiger partial charge in [-0.1, -0.05) is 175 Å². The van der Waals surface area contributed by atoms with E-state index in [0.29, 0.717) is 12.8 Å². The molecular weight excluding hydrogens is 677 g/mol. The lowest BCUT2D eigenvalue weighted by Crippen LogP contribution is -2.29. The van der Waals surface area contributed by atoms with E-state index in [2.05, 4.69) is 6.92 Å². The predicted octanol–water partition coefficient (Wildman–Crippen LogP) is 9.93. The molecule has 0 aliphatic heterocycles. The average molecular weight is 740 g/mol. The molecule has 0 fully saturated rings. The van der Waals surface area contributed by atoms with Gasteiger partial charge in [-0.3, -0.25) is 18.6 Å². The zero-order valence-electron chi connectivity index (χ0n) is 31.2. The minimum atomic E-state index is -4.42. The zero-order valence-corrected chi connectivity index (χ0v) is 32.1. The summed E-state index contributed by atoms with van der Waals surface area (Å²) in [6, 6.07) is 17.9. The lowest BCUT2D eigenvalue weighted by molar-refractivity contribution is -0.161. The Morgan fingerprint density at radius 3 is 1.83 bits per heavy atom. The second kappa shape index (κ2) is 29.2. The van der Waals surface area contributed by atoms with E-state index >= 15 is 0 Å². The van der Waals surface area contributed by atoms with Gasteiger partial charge in [0.15, 0.2) is 6.10 Å². The molecule has 1 unspecified atom stereocenters. The molecule has 0 saturated heterocycles. The molecule has 9 nitrogen and oxygen atoms in total. The molecule has 0 aliphatic carbocycles. The average Bonchev–Trinajstić information content (AvgIpc) is 3.15. The highest BCUT2D eigenvalue weighted by Gasteiger charge is 2.26. The molecule has 0 radical (unpaired) electrons. The number of unbranched alkanes of at least 4 members (excludes halogenated alkanes) is 12. The molecule has 2 aromatic carbocycles. The SMILES string of the molecule is CCCCCCCCCCCCCCCC(=O)OC[C@H](COP(=O)(O)OCCN)OC(=O)CCc1ccc(/C=C/C=C/C=C/c2ccccc2)cc1. The third kappa shape index (κ3) is 24.0. The molecule has 0 amide bonds. The largest absolute Gasteiger partial charge is 0.472 e. The van der Waals surface area contributed by atoms with Crippen molar-refractivity contribution in [1.29, 1.82) is 0 Å². The van der Waals surface area contributed by atoms with Crippen molar-refractivity contribution in [2.24, 2.45) is 5.73 Å². The van der Waals surface area contributed by atoms with Crippen LogP contribution in [-0.4, -0.2) is 49.3 Å². The van der Waals surface area contributed by atoms with Crippen LogP contribution in [0.15, 0.2) is 78.9 Å². The summed E-state index contributed by atoms with van der Waals surface area (Å²) in [6.07, 6.45) is 27.3. The van der Waals surface area contributed by atoms with E-state index in [1.807, 2.05) is 91.1 Å². The Morgan fingerprint density at radius 2 is 1.25 bits per heavy atom. The number of allylic oxidation sites excluding steroid dienone is 4. The number of phosphoric ester groups is 1. The van der Waals surface area contributed by atoms with Crippen molar-refractivity contribution in [3.63, 3.8) is 0 Å². The summed E-state index contributed by atoms with van der Waals surface area (Å²) in [5.41, 5.74) is 8.45. The van der Waals surface area contributed by atoms with E-state index < -0.39 is 32.5 Å². The molecule has 2 aromatic rings. The Hall–Kier alpha value is -3.33. The molecule has 2 rings (SSSR count). The first-order valence-corrected chi connectivity index (χ1v) is 20.6. The summed E-state index contributed by atoms with van der Waals surface area (Å²) in [4.78, 5) is 35.1. The van der Waals surface area contributed by atoms with Gasteiger partial charge >= 0.3 is 19.8 Å². The molecule has 0 aromatic heterocycles. The number of rotatable bonds is 30. The maximum absolute atomic E-state index is 12.7. The van der Waals surface area contributed by atoms with E-state index in [1.54, 1.807) is 0 Å². The van der Waals surface area contributed by atoms with Crippen molar-refractivity contribution in [3.05, 3.63) is 95.6 Å². The standard InChI is InChI=1S/C42H62NO8P/c1-2-3-4-5-6-7-8-9-10-11-12-13-21-26-41(44)48-35-40(36-50-52(46,47)49-34-33-43)51-42(45)32-31-39-29-27-38(28-30-39)25-18-15-14-17-22-37-23-19-16-20-24-37/h14-20,22-25,27-30,40H,2-13,21,26,31-36,43H2,1H3,(H,46,47)/b15-14+,22-17+,25-18+/t40-/m1/s1. The molecule has 0 aliphatic rings. The van der Waals surface area contributed by atoms with Gasteiger partial charge in [0, 0.05) is 19.4 Å². The van der Waals surface area contributed by atoms with E-state index in [4.69, 9.17) is 24.3 Å². The Morgan fingerprint density at radius 1 is 0.692 bits per heavy atom. The number of aryl methyl sites for hydroxylation is 1. The van der Waals surface area contributed by atoms with Crippen molar-refractivity contribution in [3.8, 4) is 0 Å². The second-order valence-corrected chi connectivity index (χ2v) is 14.4. The lowest BCUT2D eigenvalue weighted by Gasteiger charge is -2.20. The van der Waals surface area contributed by atoms with E-state index in [0.717, 1.165) is 29.5 Å². The van der Waals surface area contributed by atoms with Crippen molar-refractivity contribution in [2.75, 3.05) is 26.4 Å². The fourth-order valence-electron chi connectivity index (χ4n) is 5.36. The van der Waals surface area contributed by atoms with Crippen LogP contribution < -0.4 is 5.73 Å². The molecule has 52 heavy (non-hydrogen) atoms. The highest BCUT2D eigenvalue weighted by atomic mass is 31.2. The number of ether oxygens (including phenoxy) is 2. The minimum Gasteiger partial charge on any atom is -0.462 e. The van der Waals surface area contributed by atoms with Gasteiger partial charge in [-0.15, -0.1) is 0 Å². The summed E-state index contributed by atoms with van der Waals surface area (Å²) < 4.78 is 32.8. The Bertz CT molecular complexity index is 1360. The van der Waals surface area contributed by atoms with E-state index in [9.17, 15) is 19.0 Å². The van der Waals surface area contributed by atoms with Crippen LogP contribution in [0.3, 0.4) is 0 Å². The van der Waals surface area contributed by atoms with Crippen molar-refractivity contribution < 1.29 is 37.6 Å². The Balaban J connectivity index is 1.71. The number of hydrogen-bond donors (Lipinski definition) is 2. The van der Waals surface area contributed by atoms with Gasteiger partial charge in [-0.2, -0.15) is 0 Å². The summed E-state index contributed by atoms with van der Waals surface area (Å²) in [5.74, 6) is -0.960. The highest BCUT2D eigenvalue weighted by molar-refractivity contribution is 7.47. The molecule has 3 N–H and O–H groups in total. The van der Waals surface area contributed by atoms with Gasteiger partial charge in [0.25, 0.3) is 0 Å². The van der Waals surface area contributed by atoms with Gasteiger partial charge < -0.3 is 20.1 Å². The number of hydrogen-bond acceptors (Lipinski definition) is 8. The predicted molar refractivity (Wildman–Crippen MR) is 210 cm³/mol. The maximum Gasteiger partial charge on any atom is 0.472 e. The molecular formula is C42H62NO8P.